The van der Waals surface area contributed by atoms with Gasteiger partial charge in [0, 0.05) is 25.8 Å². The number of rotatable bonds is 1. The van der Waals surface area contributed by atoms with Crippen molar-refractivity contribution in [2.24, 2.45) is 0 Å². The van der Waals surface area contributed by atoms with Crippen molar-refractivity contribution in [1.29, 1.82) is 0 Å². The fourth-order valence-corrected chi connectivity index (χ4v) is 0.662. The summed E-state index contributed by atoms with van der Waals surface area (Å²) in [4.78, 5) is 2.03. The number of para-hydroxylation sites is 1. The van der Waals surface area contributed by atoms with Crippen molar-refractivity contribution in [3.63, 3.8) is 0 Å². The Bertz CT molecular complexity index is 167. The van der Waals surface area contributed by atoms with Gasteiger partial charge in [-0.1, -0.05) is 18.2 Å². The first kappa shape index (κ1) is 6.14. The molecule has 0 heterocycles. The molecular formula is C8H10N. The van der Waals surface area contributed by atoms with Gasteiger partial charge in [0.05, 0.1) is 0 Å². The van der Waals surface area contributed by atoms with Crippen LogP contribution in [-0.4, -0.2) is 14.1 Å². The second-order valence-corrected chi connectivity index (χ2v) is 2.14. The second kappa shape index (κ2) is 2.53. The van der Waals surface area contributed by atoms with Crippen LogP contribution >= 0.6 is 0 Å². The van der Waals surface area contributed by atoms with Crippen LogP contribution in [0.3, 0.4) is 0 Å². The van der Waals surface area contributed by atoms with Gasteiger partial charge in [-0.25, -0.2) is 0 Å². The average Bonchev–Trinajstić information content (AvgIpc) is 1.90. The molecule has 0 amide bonds. The minimum atomic E-state index is 1.12. The normalized spacial score (nSPS) is 9.11. The zero-order valence-corrected chi connectivity index (χ0v) is 5.76. The highest BCUT2D eigenvalue weighted by molar-refractivity contribution is 5.42. The Hall–Kier alpha value is -0.980. The topological polar surface area (TPSA) is 3.24 Å². The molecule has 0 aliphatic heterocycles. The molecule has 47 valence electrons. The number of benzene rings is 1. The first-order chi connectivity index (χ1) is 4.30. The molecule has 1 heteroatoms. The summed E-state index contributed by atoms with van der Waals surface area (Å²) < 4.78 is 0. The Morgan fingerprint density at radius 2 is 2.11 bits per heavy atom. The van der Waals surface area contributed by atoms with Crippen LogP contribution in [0.25, 0.3) is 0 Å². The minimum Gasteiger partial charge on any atom is -0.377 e. The standard InChI is InChI=1S/C8H10N/c1-9(2)8-6-4-3-5-7-8/h3-6H,1-2H3. The van der Waals surface area contributed by atoms with Crippen molar-refractivity contribution in [2.75, 3.05) is 19.0 Å². The third-order valence-corrected chi connectivity index (χ3v) is 1.17. The molecule has 1 aromatic rings. The van der Waals surface area contributed by atoms with Gasteiger partial charge >= 0.3 is 0 Å². The highest BCUT2D eigenvalue weighted by Gasteiger charge is 1.88. The van der Waals surface area contributed by atoms with Crippen LogP contribution in [0, 0.1) is 6.07 Å². The molecule has 1 aromatic carbocycles. The van der Waals surface area contributed by atoms with Crippen LogP contribution in [0.5, 0.6) is 0 Å². The zero-order chi connectivity index (χ0) is 6.69. The summed E-state index contributed by atoms with van der Waals surface area (Å²) in [6, 6.07) is 11.0. The van der Waals surface area contributed by atoms with Gasteiger partial charge in [0.25, 0.3) is 0 Å². The van der Waals surface area contributed by atoms with E-state index in [1.165, 1.54) is 0 Å². The van der Waals surface area contributed by atoms with Crippen LogP contribution in [-0.2, 0) is 0 Å². The van der Waals surface area contributed by atoms with Crippen LogP contribution in [0.2, 0.25) is 0 Å². The molecule has 0 aliphatic rings. The lowest BCUT2D eigenvalue weighted by Crippen LogP contribution is -2.07. The molecule has 0 bridgehead atoms. The predicted molar refractivity (Wildman–Crippen MR) is 39.6 cm³/mol. The summed E-state index contributed by atoms with van der Waals surface area (Å²) in [6.07, 6.45) is 0. The van der Waals surface area contributed by atoms with Crippen molar-refractivity contribution in [3.8, 4) is 0 Å². The summed E-state index contributed by atoms with van der Waals surface area (Å²) in [7, 11) is 4.01. The molecule has 0 unspecified atom stereocenters. The van der Waals surface area contributed by atoms with Crippen molar-refractivity contribution < 1.29 is 0 Å². The number of hydrogen-bond acceptors (Lipinski definition) is 1. The fraction of sp³-hybridized carbons (Fsp3) is 0.250. The molecule has 0 saturated heterocycles. The Kier molecular flexibility index (Phi) is 1.73. The number of anilines is 1. The van der Waals surface area contributed by atoms with E-state index < -0.39 is 0 Å². The van der Waals surface area contributed by atoms with E-state index in [2.05, 4.69) is 6.07 Å². The lowest BCUT2D eigenvalue weighted by Gasteiger charge is -2.09. The molecule has 1 nitrogen and oxygen atoms in total. The van der Waals surface area contributed by atoms with E-state index >= 15 is 0 Å². The highest BCUT2D eigenvalue weighted by atomic mass is 15.1. The van der Waals surface area contributed by atoms with E-state index in [1.807, 2.05) is 43.3 Å². The van der Waals surface area contributed by atoms with Crippen molar-refractivity contribution in [2.45, 2.75) is 0 Å². The van der Waals surface area contributed by atoms with Crippen LogP contribution in [0.1, 0.15) is 0 Å². The van der Waals surface area contributed by atoms with Crippen LogP contribution in [0.15, 0.2) is 24.3 Å². The van der Waals surface area contributed by atoms with Gasteiger partial charge in [-0.3, -0.25) is 0 Å². The lowest BCUT2D eigenvalue weighted by atomic mass is 10.3. The molecule has 0 fully saturated rings. The lowest BCUT2D eigenvalue weighted by molar-refractivity contribution is 1.13. The van der Waals surface area contributed by atoms with Crippen LogP contribution in [0.4, 0.5) is 5.69 Å². The SMILES string of the molecule is CN(C)c1[c]cccc1. The van der Waals surface area contributed by atoms with E-state index in [-0.39, 0.29) is 0 Å². The van der Waals surface area contributed by atoms with Gasteiger partial charge in [-0.05, 0) is 6.07 Å². The minimum absolute atomic E-state index is 1.12. The predicted octanol–water partition coefficient (Wildman–Crippen LogP) is 1.55. The van der Waals surface area contributed by atoms with Gasteiger partial charge in [0.1, 0.15) is 0 Å². The Labute approximate surface area is 55.9 Å². The molecular weight excluding hydrogens is 110 g/mol. The maximum atomic E-state index is 3.09. The smallest absolute Gasteiger partial charge is 0.0441 e. The molecule has 0 aromatic heterocycles. The first-order valence-electron chi connectivity index (χ1n) is 2.95. The summed E-state index contributed by atoms with van der Waals surface area (Å²) in [6.45, 7) is 0. The van der Waals surface area contributed by atoms with Crippen molar-refractivity contribution in [1.82, 2.24) is 0 Å². The van der Waals surface area contributed by atoms with E-state index in [1.54, 1.807) is 0 Å². The molecule has 1 radical (unpaired) electrons. The first-order valence-corrected chi connectivity index (χ1v) is 2.95. The summed E-state index contributed by atoms with van der Waals surface area (Å²) in [5, 5.41) is 0. The summed E-state index contributed by atoms with van der Waals surface area (Å²) in [5.41, 5.74) is 1.12. The van der Waals surface area contributed by atoms with E-state index in [9.17, 15) is 0 Å². The molecule has 0 saturated carbocycles. The largest absolute Gasteiger partial charge is 0.377 e. The Morgan fingerprint density at radius 3 is 2.44 bits per heavy atom. The van der Waals surface area contributed by atoms with Gasteiger partial charge in [0.15, 0.2) is 0 Å². The molecule has 0 aliphatic carbocycles. The van der Waals surface area contributed by atoms with Gasteiger partial charge in [-0.15, -0.1) is 0 Å². The maximum Gasteiger partial charge on any atom is 0.0441 e. The molecule has 0 atom stereocenters. The van der Waals surface area contributed by atoms with Gasteiger partial charge < -0.3 is 4.90 Å². The van der Waals surface area contributed by atoms with Gasteiger partial charge in [-0.2, -0.15) is 0 Å². The van der Waals surface area contributed by atoms with E-state index in [4.69, 9.17) is 0 Å². The average molecular weight is 120 g/mol. The van der Waals surface area contributed by atoms with Gasteiger partial charge in [0.2, 0.25) is 0 Å². The third-order valence-electron chi connectivity index (χ3n) is 1.17. The summed E-state index contributed by atoms with van der Waals surface area (Å²) >= 11 is 0. The monoisotopic (exact) mass is 120 g/mol. The maximum absolute atomic E-state index is 3.09. The number of hydrogen-bond donors (Lipinski definition) is 0. The number of nitrogens with zero attached hydrogens (tertiary/aromatic N) is 1. The highest BCUT2D eigenvalue weighted by Crippen LogP contribution is 2.06. The van der Waals surface area contributed by atoms with E-state index in [0.29, 0.717) is 0 Å². The van der Waals surface area contributed by atoms with E-state index in [0.717, 1.165) is 5.69 Å². The second-order valence-electron chi connectivity index (χ2n) is 2.14. The van der Waals surface area contributed by atoms with Crippen molar-refractivity contribution >= 4 is 5.69 Å². The zero-order valence-electron chi connectivity index (χ0n) is 5.76. The van der Waals surface area contributed by atoms with Crippen LogP contribution < -0.4 is 4.90 Å². The quantitative estimate of drug-likeness (QED) is 0.543. The molecule has 9 heavy (non-hydrogen) atoms. The molecule has 1 rings (SSSR count). The summed E-state index contributed by atoms with van der Waals surface area (Å²) in [5.74, 6) is 0. The fourth-order valence-electron chi connectivity index (χ4n) is 0.662. The Morgan fingerprint density at radius 1 is 1.33 bits per heavy atom. The molecule has 0 spiro atoms. The third kappa shape index (κ3) is 1.46. The molecule has 0 N–H and O–H groups in total. The van der Waals surface area contributed by atoms with Crippen molar-refractivity contribution in [3.05, 3.63) is 30.3 Å². The Balaban J connectivity index is 2.85.